The van der Waals surface area contributed by atoms with Gasteiger partial charge in [0, 0.05) is 28.8 Å². The summed E-state index contributed by atoms with van der Waals surface area (Å²) in [6.07, 6.45) is 7.55. The molecule has 0 saturated carbocycles. The molecule has 0 amide bonds. The zero-order valence-corrected chi connectivity index (χ0v) is 14.3. The number of halogens is 1. The molecule has 3 heteroatoms. The van der Waals surface area contributed by atoms with Gasteiger partial charge in [-0.1, -0.05) is 41.8 Å². The zero-order valence-electron chi connectivity index (χ0n) is 12.7. The molecule has 20 heavy (non-hydrogen) atoms. The number of hydrogen-bond acceptors (Lipinski definition) is 2. The Labute approximate surface area is 131 Å². The van der Waals surface area contributed by atoms with Gasteiger partial charge in [0.25, 0.3) is 0 Å². The second kappa shape index (κ2) is 7.46. The van der Waals surface area contributed by atoms with Crippen LogP contribution < -0.4 is 10.6 Å². The molecule has 2 nitrogen and oxygen atoms in total. The van der Waals surface area contributed by atoms with Crippen LogP contribution in [0.2, 0.25) is 0 Å². The van der Waals surface area contributed by atoms with Crippen molar-refractivity contribution in [3.8, 4) is 0 Å². The Hall–Kier alpha value is -0.540. The van der Waals surface area contributed by atoms with Gasteiger partial charge in [0.15, 0.2) is 0 Å². The van der Waals surface area contributed by atoms with Crippen molar-refractivity contribution in [3.05, 3.63) is 28.2 Å². The Bertz CT molecular complexity index is 431. The lowest BCUT2D eigenvalue weighted by atomic mass is 10.0. The first kappa shape index (κ1) is 15.8. The van der Waals surface area contributed by atoms with Crippen molar-refractivity contribution in [1.82, 2.24) is 0 Å². The van der Waals surface area contributed by atoms with Crippen LogP contribution in [0.5, 0.6) is 0 Å². The minimum absolute atomic E-state index is 0.207. The van der Waals surface area contributed by atoms with Gasteiger partial charge < -0.3 is 10.6 Å². The summed E-state index contributed by atoms with van der Waals surface area (Å²) in [6, 6.07) is 7.70. The quantitative estimate of drug-likeness (QED) is 0.875. The topological polar surface area (TPSA) is 29.3 Å². The average molecular weight is 339 g/mol. The maximum absolute atomic E-state index is 5.91. The van der Waals surface area contributed by atoms with Crippen molar-refractivity contribution in [3.63, 3.8) is 0 Å². The van der Waals surface area contributed by atoms with E-state index in [1.807, 2.05) is 0 Å². The molecule has 2 atom stereocenters. The summed E-state index contributed by atoms with van der Waals surface area (Å²) in [5.74, 6) is 0. The SMILES string of the molecule is CCC1CCCCCN1c1ccc(CC(C)N)c(Br)c1. The number of nitrogens with zero attached hydrogens (tertiary/aromatic N) is 1. The normalized spacial score (nSPS) is 21.6. The summed E-state index contributed by atoms with van der Waals surface area (Å²) in [5.41, 5.74) is 8.58. The fourth-order valence-corrected chi connectivity index (χ4v) is 3.70. The molecule has 0 aliphatic carbocycles. The van der Waals surface area contributed by atoms with Crippen molar-refractivity contribution < 1.29 is 0 Å². The lowest BCUT2D eigenvalue weighted by Crippen LogP contribution is -2.34. The molecule has 1 saturated heterocycles. The van der Waals surface area contributed by atoms with Gasteiger partial charge in [0.2, 0.25) is 0 Å². The van der Waals surface area contributed by atoms with E-state index in [2.05, 4.69) is 52.9 Å². The Morgan fingerprint density at radius 3 is 2.80 bits per heavy atom. The molecule has 1 heterocycles. The molecule has 1 aliphatic heterocycles. The molecule has 0 aromatic heterocycles. The van der Waals surface area contributed by atoms with Crippen molar-refractivity contribution in [2.75, 3.05) is 11.4 Å². The highest BCUT2D eigenvalue weighted by Crippen LogP contribution is 2.30. The second-order valence-electron chi connectivity index (χ2n) is 6.06. The Kier molecular flexibility index (Phi) is 5.91. The Balaban J connectivity index is 2.20. The van der Waals surface area contributed by atoms with Gasteiger partial charge in [0.05, 0.1) is 0 Å². The van der Waals surface area contributed by atoms with Crippen molar-refractivity contribution in [2.45, 2.75) is 64.5 Å². The van der Waals surface area contributed by atoms with Gasteiger partial charge in [-0.2, -0.15) is 0 Å². The van der Waals surface area contributed by atoms with Gasteiger partial charge >= 0.3 is 0 Å². The highest BCUT2D eigenvalue weighted by molar-refractivity contribution is 9.10. The number of anilines is 1. The standard InChI is InChI=1S/C17H27BrN2/c1-3-15-7-5-4-6-10-20(15)16-9-8-14(11-13(2)19)17(18)12-16/h8-9,12-13,15H,3-7,10-11,19H2,1-2H3. The number of rotatable bonds is 4. The summed E-state index contributed by atoms with van der Waals surface area (Å²) in [5, 5.41) is 0. The first-order valence-corrected chi connectivity index (χ1v) is 8.71. The van der Waals surface area contributed by atoms with E-state index < -0.39 is 0 Å². The maximum atomic E-state index is 5.91. The van der Waals surface area contributed by atoms with Gasteiger partial charge in [-0.25, -0.2) is 0 Å². The van der Waals surface area contributed by atoms with Crippen LogP contribution in [0.3, 0.4) is 0 Å². The van der Waals surface area contributed by atoms with Crippen LogP contribution in [-0.4, -0.2) is 18.6 Å². The molecule has 2 N–H and O–H groups in total. The van der Waals surface area contributed by atoms with Crippen LogP contribution in [-0.2, 0) is 6.42 Å². The minimum atomic E-state index is 0.207. The van der Waals surface area contributed by atoms with Crippen LogP contribution in [0, 0.1) is 0 Å². The van der Waals surface area contributed by atoms with E-state index in [0.717, 1.165) is 6.42 Å². The van der Waals surface area contributed by atoms with Crippen LogP contribution >= 0.6 is 15.9 Å². The van der Waals surface area contributed by atoms with E-state index >= 15 is 0 Å². The summed E-state index contributed by atoms with van der Waals surface area (Å²) in [7, 11) is 0. The number of benzene rings is 1. The molecular weight excluding hydrogens is 312 g/mol. The highest BCUT2D eigenvalue weighted by Gasteiger charge is 2.20. The summed E-state index contributed by atoms with van der Waals surface area (Å²) in [6.45, 7) is 5.56. The van der Waals surface area contributed by atoms with Gasteiger partial charge in [-0.05, 0) is 50.3 Å². The lowest BCUT2D eigenvalue weighted by Gasteiger charge is -2.32. The Morgan fingerprint density at radius 1 is 1.35 bits per heavy atom. The van der Waals surface area contributed by atoms with Gasteiger partial charge in [0.1, 0.15) is 0 Å². The molecule has 0 radical (unpaired) electrons. The van der Waals surface area contributed by atoms with E-state index in [4.69, 9.17) is 5.73 Å². The van der Waals surface area contributed by atoms with E-state index in [9.17, 15) is 0 Å². The van der Waals surface area contributed by atoms with Gasteiger partial charge in [-0.15, -0.1) is 0 Å². The lowest BCUT2D eigenvalue weighted by molar-refractivity contribution is 0.556. The maximum Gasteiger partial charge on any atom is 0.0380 e. The molecule has 0 bridgehead atoms. The van der Waals surface area contributed by atoms with Crippen LogP contribution in [0.1, 0.15) is 51.5 Å². The third kappa shape index (κ3) is 3.98. The fraction of sp³-hybridized carbons (Fsp3) is 0.647. The highest BCUT2D eigenvalue weighted by atomic mass is 79.9. The van der Waals surface area contributed by atoms with Crippen molar-refractivity contribution in [1.29, 1.82) is 0 Å². The van der Waals surface area contributed by atoms with Crippen molar-refractivity contribution >= 4 is 21.6 Å². The predicted molar refractivity (Wildman–Crippen MR) is 91.4 cm³/mol. The summed E-state index contributed by atoms with van der Waals surface area (Å²) in [4.78, 5) is 2.60. The van der Waals surface area contributed by atoms with E-state index in [-0.39, 0.29) is 6.04 Å². The first-order valence-electron chi connectivity index (χ1n) is 7.92. The first-order chi connectivity index (χ1) is 9.61. The fourth-order valence-electron chi connectivity index (χ4n) is 3.17. The third-order valence-corrected chi connectivity index (χ3v) is 5.00. The molecule has 2 unspecified atom stereocenters. The number of nitrogens with two attached hydrogens (primary N) is 1. The molecular formula is C17H27BrN2. The third-order valence-electron chi connectivity index (χ3n) is 4.26. The van der Waals surface area contributed by atoms with Gasteiger partial charge in [-0.3, -0.25) is 0 Å². The van der Waals surface area contributed by atoms with Crippen LogP contribution in [0.4, 0.5) is 5.69 Å². The monoisotopic (exact) mass is 338 g/mol. The molecule has 1 fully saturated rings. The van der Waals surface area contributed by atoms with Crippen molar-refractivity contribution in [2.24, 2.45) is 5.73 Å². The smallest absolute Gasteiger partial charge is 0.0380 e. The molecule has 1 aromatic rings. The Morgan fingerprint density at radius 2 is 2.15 bits per heavy atom. The predicted octanol–water partition coefficient (Wildman–Crippen LogP) is 4.50. The average Bonchev–Trinajstić information content (AvgIpc) is 2.65. The summed E-state index contributed by atoms with van der Waals surface area (Å²) < 4.78 is 1.20. The molecule has 1 aliphatic rings. The molecule has 0 spiro atoms. The van der Waals surface area contributed by atoms with Crippen LogP contribution in [0.25, 0.3) is 0 Å². The van der Waals surface area contributed by atoms with E-state index in [1.165, 1.54) is 54.4 Å². The molecule has 1 aromatic carbocycles. The largest absolute Gasteiger partial charge is 0.369 e. The van der Waals surface area contributed by atoms with E-state index in [1.54, 1.807) is 0 Å². The van der Waals surface area contributed by atoms with Crippen LogP contribution in [0.15, 0.2) is 22.7 Å². The number of hydrogen-bond donors (Lipinski definition) is 1. The van der Waals surface area contributed by atoms with E-state index in [0.29, 0.717) is 6.04 Å². The summed E-state index contributed by atoms with van der Waals surface area (Å²) >= 11 is 3.72. The molecule has 2 rings (SSSR count). The molecule has 112 valence electrons. The zero-order chi connectivity index (χ0) is 14.5. The second-order valence-corrected chi connectivity index (χ2v) is 6.92. The minimum Gasteiger partial charge on any atom is -0.369 e.